The normalized spacial score (nSPS) is 17.2. The predicted octanol–water partition coefficient (Wildman–Crippen LogP) is 3.01. The van der Waals surface area contributed by atoms with E-state index in [4.69, 9.17) is 12.2 Å². The molecule has 0 spiro atoms. The van der Waals surface area contributed by atoms with E-state index in [1.807, 2.05) is 36.4 Å². The van der Waals surface area contributed by atoms with Crippen LogP contribution in [0.2, 0.25) is 0 Å². The lowest BCUT2D eigenvalue weighted by molar-refractivity contribution is -0.385. The van der Waals surface area contributed by atoms with Crippen molar-refractivity contribution in [1.29, 1.82) is 0 Å². The van der Waals surface area contributed by atoms with Crippen LogP contribution in [-0.2, 0) is 0 Å². The van der Waals surface area contributed by atoms with Gasteiger partial charge < -0.3 is 5.32 Å². The van der Waals surface area contributed by atoms with Gasteiger partial charge in [-0.1, -0.05) is 54.7 Å². The van der Waals surface area contributed by atoms with E-state index in [2.05, 4.69) is 5.32 Å². The van der Waals surface area contributed by atoms with Gasteiger partial charge in [-0.25, -0.2) is 0 Å². The van der Waals surface area contributed by atoms with E-state index in [-0.39, 0.29) is 16.5 Å². The van der Waals surface area contributed by atoms with Crippen molar-refractivity contribution in [1.82, 2.24) is 5.32 Å². The zero-order valence-electron chi connectivity index (χ0n) is 10.6. The van der Waals surface area contributed by atoms with E-state index in [0.29, 0.717) is 11.5 Å². The molecule has 1 heterocycles. The first kappa shape index (κ1) is 12.7. The van der Waals surface area contributed by atoms with Gasteiger partial charge in [0.2, 0.25) is 0 Å². The van der Waals surface area contributed by atoms with Crippen LogP contribution in [0, 0.1) is 10.1 Å². The van der Waals surface area contributed by atoms with Crippen molar-refractivity contribution < 1.29 is 4.92 Å². The van der Waals surface area contributed by atoms with E-state index in [1.165, 1.54) is 0 Å². The van der Waals surface area contributed by atoms with Gasteiger partial charge in [-0.05, 0) is 5.56 Å². The SMILES string of the molecule is O=[N+]([O-])c1ccccc1C1CNC(=S)c2ccccc21. The summed E-state index contributed by atoms with van der Waals surface area (Å²) in [6.45, 7) is 0.584. The minimum absolute atomic E-state index is 0.0560. The van der Waals surface area contributed by atoms with Crippen LogP contribution in [0.1, 0.15) is 22.6 Å². The Morgan fingerprint density at radius 2 is 1.75 bits per heavy atom. The number of nitrogens with zero attached hydrogens (tertiary/aromatic N) is 1. The Morgan fingerprint density at radius 3 is 2.50 bits per heavy atom. The van der Waals surface area contributed by atoms with Crippen LogP contribution in [0.15, 0.2) is 48.5 Å². The van der Waals surface area contributed by atoms with Gasteiger partial charge in [-0.3, -0.25) is 10.1 Å². The standard InChI is InChI=1S/C15H12N2O2S/c18-17(19)14-8-4-3-6-11(14)13-9-16-15(20)12-7-2-1-5-10(12)13/h1-8,13H,9H2,(H,16,20). The number of hydrogen-bond acceptors (Lipinski definition) is 3. The molecule has 1 N–H and O–H groups in total. The number of nitro benzene ring substituents is 1. The van der Waals surface area contributed by atoms with E-state index >= 15 is 0 Å². The second kappa shape index (κ2) is 5.02. The molecule has 0 bridgehead atoms. The third-order valence-corrected chi connectivity index (χ3v) is 3.92. The Balaban J connectivity index is 2.15. The van der Waals surface area contributed by atoms with Gasteiger partial charge in [-0.2, -0.15) is 0 Å². The fraction of sp³-hybridized carbons (Fsp3) is 0.133. The summed E-state index contributed by atoms with van der Waals surface area (Å²) in [6.07, 6.45) is 0. The molecular weight excluding hydrogens is 272 g/mol. The molecule has 1 aliphatic rings. The number of para-hydroxylation sites is 1. The third kappa shape index (κ3) is 2.06. The molecule has 1 unspecified atom stereocenters. The van der Waals surface area contributed by atoms with Gasteiger partial charge in [0.25, 0.3) is 5.69 Å². The Kier molecular flexibility index (Phi) is 3.20. The zero-order chi connectivity index (χ0) is 14.1. The molecule has 0 amide bonds. The molecule has 0 aliphatic carbocycles. The molecule has 3 rings (SSSR count). The van der Waals surface area contributed by atoms with Crippen LogP contribution in [0.25, 0.3) is 0 Å². The summed E-state index contributed by atoms with van der Waals surface area (Å²) in [6, 6.07) is 14.7. The molecule has 2 aromatic rings. The summed E-state index contributed by atoms with van der Waals surface area (Å²) in [7, 11) is 0. The highest BCUT2D eigenvalue weighted by atomic mass is 32.1. The van der Waals surface area contributed by atoms with Gasteiger partial charge in [0.15, 0.2) is 0 Å². The fourth-order valence-electron chi connectivity index (χ4n) is 2.63. The first-order chi connectivity index (χ1) is 9.68. The van der Waals surface area contributed by atoms with Crippen LogP contribution < -0.4 is 5.32 Å². The second-order valence-electron chi connectivity index (χ2n) is 4.67. The highest BCUT2D eigenvalue weighted by Gasteiger charge is 2.28. The molecule has 1 atom stereocenters. The van der Waals surface area contributed by atoms with Crippen molar-refractivity contribution in [3.05, 3.63) is 75.3 Å². The van der Waals surface area contributed by atoms with Crippen LogP contribution in [0.3, 0.4) is 0 Å². The Morgan fingerprint density at radius 1 is 1.10 bits per heavy atom. The van der Waals surface area contributed by atoms with Crippen molar-refractivity contribution in [2.75, 3.05) is 6.54 Å². The topological polar surface area (TPSA) is 55.2 Å². The smallest absolute Gasteiger partial charge is 0.273 e. The van der Waals surface area contributed by atoms with E-state index < -0.39 is 0 Å². The van der Waals surface area contributed by atoms with E-state index in [0.717, 1.165) is 16.7 Å². The lowest BCUT2D eigenvalue weighted by atomic mass is 9.85. The second-order valence-corrected chi connectivity index (χ2v) is 5.07. The van der Waals surface area contributed by atoms with Gasteiger partial charge in [-0.15, -0.1) is 0 Å². The molecule has 0 saturated carbocycles. The van der Waals surface area contributed by atoms with Crippen LogP contribution >= 0.6 is 12.2 Å². The highest BCUT2D eigenvalue weighted by molar-refractivity contribution is 7.80. The average molecular weight is 284 g/mol. The summed E-state index contributed by atoms with van der Waals surface area (Å²) >= 11 is 5.30. The number of thiocarbonyl (C=S) groups is 1. The quantitative estimate of drug-likeness (QED) is 0.523. The molecule has 0 saturated heterocycles. The maximum atomic E-state index is 11.2. The van der Waals surface area contributed by atoms with Gasteiger partial charge >= 0.3 is 0 Å². The maximum Gasteiger partial charge on any atom is 0.273 e. The van der Waals surface area contributed by atoms with Gasteiger partial charge in [0, 0.05) is 29.7 Å². The van der Waals surface area contributed by atoms with Crippen LogP contribution in [0.5, 0.6) is 0 Å². The fourth-order valence-corrected chi connectivity index (χ4v) is 2.90. The summed E-state index contributed by atoms with van der Waals surface area (Å²) in [5, 5.41) is 14.4. The molecule has 20 heavy (non-hydrogen) atoms. The van der Waals surface area contributed by atoms with Gasteiger partial charge in [0.05, 0.1) is 4.92 Å². The van der Waals surface area contributed by atoms with Crippen LogP contribution in [-0.4, -0.2) is 16.5 Å². The van der Waals surface area contributed by atoms with Crippen molar-refractivity contribution in [2.24, 2.45) is 0 Å². The Hall–Kier alpha value is -2.27. The summed E-state index contributed by atoms with van der Waals surface area (Å²) < 4.78 is 0. The zero-order valence-corrected chi connectivity index (χ0v) is 11.4. The molecule has 2 aromatic carbocycles. The number of rotatable bonds is 2. The summed E-state index contributed by atoms with van der Waals surface area (Å²) in [5.41, 5.74) is 2.88. The number of fused-ring (bicyclic) bond motifs is 1. The Labute approximate surface area is 121 Å². The number of nitrogens with one attached hydrogen (secondary N) is 1. The molecule has 0 aromatic heterocycles. The van der Waals surface area contributed by atoms with Crippen molar-refractivity contribution in [3.8, 4) is 0 Å². The minimum atomic E-state index is -0.328. The number of benzene rings is 2. The molecule has 5 heteroatoms. The van der Waals surface area contributed by atoms with E-state index in [9.17, 15) is 10.1 Å². The van der Waals surface area contributed by atoms with Gasteiger partial charge in [0.1, 0.15) is 4.99 Å². The molecule has 1 aliphatic heterocycles. The largest absolute Gasteiger partial charge is 0.375 e. The van der Waals surface area contributed by atoms with Crippen LogP contribution in [0.4, 0.5) is 5.69 Å². The molecule has 0 fully saturated rings. The van der Waals surface area contributed by atoms with Crippen molar-refractivity contribution in [3.63, 3.8) is 0 Å². The molecule has 100 valence electrons. The first-order valence-electron chi connectivity index (χ1n) is 6.29. The average Bonchev–Trinajstić information content (AvgIpc) is 2.48. The highest BCUT2D eigenvalue weighted by Crippen LogP contribution is 2.34. The predicted molar refractivity (Wildman–Crippen MR) is 81.1 cm³/mol. The lowest BCUT2D eigenvalue weighted by Crippen LogP contribution is -2.34. The lowest BCUT2D eigenvalue weighted by Gasteiger charge is -2.27. The molecule has 4 nitrogen and oxygen atoms in total. The molecule has 0 radical (unpaired) electrons. The van der Waals surface area contributed by atoms with Crippen molar-refractivity contribution in [2.45, 2.75) is 5.92 Å². The van der Waals surface area contributed by atoms with E-state index in [1.54, 1.807) is 12.1 Å². The monoisotopic (exact) mass is 284 g/mol. The third-order valence-electron chi connectivity index (χ3n) is 3.56. The summed E-state index contributed by atoms with van der Waals surface area (Å²) in [5.74, 6) is -0.0560. The summed E-state index contributed by atoms with van der Waals surface area (Å²) in [4.78, 5) is 11.6. The number of nitro groups is 1. The first-order valence-corrected chi connectivity index (χ1v) is 6.69. The molecular formula is C15H12N2O2S. The maximum absolute atomic E-state index is 11.2. The van der Waals surface area contributed by atoms with Crippen molar-refractivity contribution >= 4 is 22.9 Å². The minimum Gasteiger partial charge on any atom is -0.375 e. The Bertz CT molecular complexity index is 700. The number of hydrogen-bond donors (Lipinski definition) is 1.